The van der Waals surface area contributed by atoms with Gasteiger partial charge in [-0.2, -0.15) is 0 Å². The van der Waals surface area contributed by atoms with Crippen LogP contribution in [0.25, 0.3) is 0 Å². The number of nitrogens with one attached hydrogen (secondary N) is 1. The first kappa shape index (κ1) is 18.7. The summed E-state index contributed by atoms with van der Waals surface area (Å²) in [4.78, 5) is 27.4. The third kappa shape index (κ3) is 6.13. The Labute approximate surface area is 149 Å². The summed E-state index contributed by atoms with van der Waals surface area (Å²) in [5.41, 5.74) is 1.22. The maximum atomic E-state index is 12.0. The molecule has 1 atom stereocenters. The van der Waals surface area contributed by atoms with Gasteiger partial charge in [0.05, 0.1) is 0 Å². The van der Waals surface area contributed by atoms with Crippen LogP contribution in [0.1, 0.15) is 31.2 Å². The second-order valence-electron chi connectivity index (χ2n) is 6.56. The summed E-state index contributed by atoms with van der Waals surface area (Å²) >= 11 is 5.92. The Balaban J connectivity index is 1.77. The predicted octanol–water partition coefficient (Wildman–Crippen LogP) is 2.29. The maximum absolute atomic E-state index is 12.0. The molecule has 1 aromatic carbocycles. The van der Waals surface area contributed by atoms with Crippen molar-refractivity contribution in [2.24, 2.45) is 0 Å². The predicted molar refractivity (Wildman–Crippen MR) is 95.8 cm³/mol. The lowest BCUT2D eigenvalue weighted by atomic mass is 10.0. The fourth-order valence-corrected chi connectivity index (χ4v) is 3.03. The van der Waals surface area contributed by atoms with Crippen molar-refractivity contribution in [1.82, 2.24) is 15.1 Å². The molecule has 1 aromatic rings. The number of likely N-dealkylation sites (tertiary alicyclic amines) is 1. The lowest BCUT2D eigenvalue weighted by Gasteiger charge is -2.33. The minimum Gasteiger partial charge on any atom is -0.352 e. The molecule has 0 radical (unpaired) electrons. The summed E-state index contributed by atoms with van der Waals surface area (Å²) in [6.07, 6.45) is 2.57. The molecular weight excluding hydrogens is 326 g/mol. The molecule has 0 bridgehead atoms. The maximum Gasteiger partial charge on any atom is 0.222 e. The highest BCUT2D eigenvalue weighted by atomic mass is 35.5. The molecular formula is C18H26ClN3O2. The van der Waals surface area contributed by atoms with Gasteiger partial charge in [0.15, 0.2) is 0 Å². The number of amides is 2. The normalized spacial score (nSPS) is 18.2. The van der Waals surface area contributed by atoms with Crippen molar-refractivity contribution in [2.45, 2.75) is 38.3 Å². The molecule has 1 saturated heterocycles. The molecule has 0 aromatic heterocycles. The van der Waals surface area contributed by atoms with Gasteiger partial charge in [0.25, 0.3) is 0 Å². The van der Waals surface area contributed by atoms with Gasteiger partial charge in [0.2, 0.25) is 11.8 Å². The van der Waals surface area contributed by atoms with Crippen LogP contribution in [-0.2, 0) is 16.1 Å². The van der Waals surface area contributed by atoms with E-state index in [1.165, 1.54) is 10.5 Å². The summed E-state index contributed by atoms with van der Waals surface area (Å²) in [6, 6.07) is 8.05. The van der Waals surface area contributed by atoms with Crippen molar-refractivity contribution < 1.29 is 9.59 Å². The largest absolute Gasteiger partial charge is 0.352 e. The number of halogens is 1. The fraction of sp³-hybridized carbons (Fsp3) is 0.556. The zero-order valence-corrected chi connectivity index (χ0v) is 15.2. The van der Waals surface area contributed by atoms with E-state index in [0.717, 1.165) is 37.5 Å². The molecule has 0 unspecified atom stereocenters. The topological polar surface area (TPSA) is 52.7 Å². The van der Waals surface area contributed by atoms with Gasteiger partial charge in [-0.15, -0.1) is 0 Å². The highest BCUT2D eigenvalue weighted by Gasteiger charge is 2.21. The molecule has 0 spiro atoms. The summed E-state index contributed by atoms with van der Waals surface area (Å²) in [6.45, 7) is 2.74. The molecule has 1 N–H and O–H groups in total. The number of hydrogen-bond donors (Lipinski definition) is 1. The van der Waals surface area contributed by atoms with E-state index >= 15 is 0 Å². The molecule has 132 valence electrons. The van der Waals surface area contributed by atoms with Crippen LogP contribution in [0.5, 0.6) is 0 Å². The van der Waals surface area contributed by atoms with E-state index in [2.05, 4.69) is 10.2 Å². The highest BCUT2D eigenvalue weighted by Crippen LogP contribution is 2.16. The summed E-state index contributed by atoms with van der Waals surface area (Å²) in [7, 11) is 3.41. The SMILES string of the molecule is CN(C)C(=O)CCC(=O)N[C@H]1CCCN(Cc2ccc(Cl)cc2)C1. The fourth-order valence-electron chi connectivity index (χ4n) is 2.91. The van der Waals surface area contributed by atoms with E-state index in [1.807, 2.05) is 24.3 Å². The van der Waals surface area contributed by atoms with E-state index in [9.17, 15) is 9.59 Å². The molecule has 1 fully saturated rings. The number of hydrogen-bond acceptors (Lipinski definition) is 3. The van der Waals surface area contributed by atoms with E-state index in [4.69, 9.17) is 11.6 Å². The van der Waals surface area contributed by atoms with Crippen LogP contribution in [0.2, 0.25) is 5.02 Å². The molecule has 1 aliphatic heterocycles. The Hall–Kier alpha value is -1.59. The smallest absolute Gasteiger partial charge is 0.222 e. The monoisotopic (exact) mass is 351 g/mol. The van der Waals surface area contributed by atoms with Crippen LogP contribution in [-0.4, -0.2) is 54.8 Å². The highest BCUT2D eigenvalue weighted by molar-refractivity contribution is 6.30. The Bertz CT molecular complexity index is 560. The van der Waals surface area contributed by atoms with Crippen molar-refractivity contribution >= 4 is 23.4 Å². The average molecular weight is 352 g/mol. The van der Waals surface area contributed by atoms with Crippen LogP contribution in [0.15, 0.2) is 24.3 Å². The van der Waals surface area contributed by atoms with Crippen LogP contribution in [0, 0.1) is 0 Å². The molecule has 1 heterocycles. The van der Waals surface area contributed by atoms with Crippen molar-refractivity contribution in [3.05, 3.63) is 34.9 Å². The van der Waals surface area contributed by atoms with Crippen molar-refractivity contribution in [3.8, 4) is 0 Å². The number of carbonyl (C=O) groups excluding carboxylic acids is 2. The van der Waals surface area contributed by atoms with Gasteiger partial charge in [-0.1, -0.05) is 23.7 Å². The van der Waals surface area contributed by atoms with Crippen LogP contribution >= 0.6 is 11.6 Å². The Morgan fingerprint density at radius 2 is 1.96 bits per heavy atom. The van der Waals surface area contributed by atoms with Crippen LogP contribution in [0.4, 0.5) is 0 Å². The Kier molecular flexibility index (Phi) is 7.06. The number of carbonyl (C=O) groups is 2. The number of nitrogens with zero attached hydrogens (tertiary/aromatic N) is 2. The van der Waals surface area contributed by atoms with Crippen molar-refractivity contribution in [3.63, 3.8) is 0 Å². The van der Waals surface area contributed by atoms with Gasteiger partial charge in [-0.05, 0) is 37.1 Å². The van der Waals surface area contributed by atoms with Crippen LogP contribution in [0.3, 0.4) is 0 Å². The lowest BCUT2D eigenvalue weighted by Crippen LogP contribution is -2.47. The van der Waals surface area contributed by atoms with E-state index in [1.54, 1.807) is 14.1 Å². The van der Waals surface area contributed by atoms with Gasteiger partial charge in [0, 0.05) is 51.1 Å². The molecule has 2 rings (SSSR count). The molecule has 2 amide bonds. The van der Waals surface area contributed by atoms with Gasteiger partial charge >= 0.3 is 0 Å². The summed E-state index contributed by atoms with van der Waals surface area (Å²) in [5.74, 6) is -0.0540. The van der Waals surface area contributed by atoms with E-state index in [-0.39, 0.29) is 30.7 Å². The van der Waals surface area contributed by atoms with Crippen molar-refractivity contribution in [1.29, 1.82) is 0 Å². The number of rotatable bonds is 6. The third-order valence-electron chi connectivity index (χ3n) is 4.25. The van der Waals surface area contributed by atoms with Crippen LogP contribution < -0.4 is 5.32 Å². The quantitative estimate of drug-likeness (QED) is 0.855. The molecule has 5 nitrogen and oxygen atoms in total. The van der Waals surface area contributed by atoms with Gasteiger partial charge in [-0.3, -0.25) is 14.5 Å². The minimum atomic E-state index is -0.0384. The number of benzene rings is 1. The van der Waals surface area contributed by atoms with Crippen molar-refractivity contribution in [2.75, 3.05) is 27.2 Å². The first-order chi connectivity index (χ1) is 11.4. The molecule has 6 heteroatoms. The summed E-state index contributed by atoms with van der Waals surface area (Å²) < 4.78 is 0. The number of piperidine rings is 1. The third-order valence-corrected chi connectivity index (χ3v) is 4.51. The molecule has 0 aliphatic carbocycles. The second-order valence-corrected chi connectivity index (χ2v) is 6.99. The summed E-state index contributed by atoms with van der Waals surface area (Å²) in [5, 5.41) is 3.81. The first-order valence-corrected chi connectivity index (χ1v) is 8.78. The zero-order chi connectivity index (χ0) is 17.5. The van der Waals surface area contributed by atoms with Gasteiger partial charge < -0.3 is 10.2 Å². The Morgan fingerprint density at radius 3 is 2.62 bits per heavy atom. The zero-order valence-electron chi connectivity index (χ0n) is 14.4. The van der Waals surface area contributed by atoms with Gasteiger partial charge in [-0.25, -0.2) is 0 Å². The first-order valence-electron chi connectivity index (χ1n) is 8.40. The molecule has 1 aliphatic rings. The standard InChI is InChI=1S/C18H26ClN3O2/c1-21(2)18(24)10-9-17(23)20-16-4-3-11-22(13-16)12-14-5-7-15(19)8-6-14/h5-8,16H,3-4,9-13H2,1-2H3,(H,20,23)/t16-/m0/s1. The Morgan fingerprint density at radius 1 is 1.25 bits per heavy atom. The average Bonchev–Trinajstić information content (AvgIpc) is 2.55. The molecule has 24 heavy (non-hydrogen) atoms. The van der Waals surface area contributed by atoms with E-state index in [0.29, 0.717) is 0 Å². The minimum absolute atomic E-state index is 0.0156. The van der Waals surface area contributed by atoms with Gasteiger partial charge in [0.1, 0.15) is 0 Å². The lowest BCUT2D eigenvalue weighted by molar-refractivity contribution is -0.131. The second kappa shape index (κ2) is 9.04. The van der Waals surface area contributed by atoms with E-state index < -0.39 is 0 Å². The molecule has 0 saturated carbocycles.